The minimum Gasteiger partial charge on any atom is -0.366 e. The summed E-state index contributed by atoms with van der Waals surface area (Å²) in [5.74, 6) is -3.61. The van der Waals surface area contributed by atoms with Crippen LogP contribution in [0.25, 0.3) is 0 Å². The van der Waals surface area contributed by atoms with E-state index in [1.54, 1.807) is 0 Å². The number of nitrogens with two attached hydrogens (primary N) is 1. The summed E-state index contributed by atoms with van der Waals surface area (Å²) >= 11 is 2.86. The SMILES string of the molecule is NC(=O)c1cc(NC(=O)CBr)c(F)cc1F. The van der Waals surface area contributed by atoms with Gasteiger partial charge in [-0.3, -0.25) is 9.59 Å². The fourth-order valence-corrected chi connectivity index (χ4v) is 1.16. The van der Waals surface area contributed by atoms with E-state index in [1.807, 2.05) is 0 Å². The molecule has 3 N–H and O–H groups in total. The van der Waals surface area contributed by atoms with Gasteiger partial charge < -0.3 is 11.1 Å². The van der Waals surface area contributed by atoms with E-state index in [0.29, 0.717) is 6.07 Å². The summed E-state index contributed by atoms with van der Waals surface area (Å²) in [6.45, 7) is 0. The second-order valence-corrected chi connectivity index (χ2v) is 3.42. The van der Waals surface area contributed by atoms with Crippen LogP contribution in [0.15, 0.2) is 12.1 Å². The number of rotatable bonds is 3. The standard InChI is InChI=1S/C9H7BrF2N2O2/c10-3-8(15)14-7-1-4(9(13)16)5(11)2-6(7)12/h1-2H,3H2,(H2,13,16)(H,14,15). The number of hydrogen-bond acceptors (Lipinski definition) is 2. The van der Waals surface area contributed by atoms with Crippen molar-refractivity contribution in [1.29, 1.82) is 0 Å². The quantitative estimate of drug-likeness (QED) is 0.827. The molecule has 1 rings (SSSR count). The van der Waals surface area contributed by atoms with Crippen LogP contribution in [0.3, 0.4) is 0 Å². The molecule has 0 saturated carbocycles. The Morgan fingerprint density at radius 1 is 1.31 bits per heavy atom. The third-order valence-corrected chi connectivity index (χ3v) is 2.23. The average Bonchev–Trinajstić information content (AvgIpc) is 2.21. The zero-order chi connectivity index (χ0) is 12.3. The van der Waals surface area contributed by atoms with E-state index in [4.69, 9.17) is 5.73 Å². The first-order valence-corrected chi connectivity index (χ1v) is 5.22. The molecule has 0 saturated heterocycles. The Labute approximate surface area is 97.9 Å². The highest BCUT2D eigenvalue weighted by molar-refractivity contribution is 9.09. The fraction of sp³-hybridized carbons (Fsp3) is 0.111. The van der Waals surface area contributed by atoms with E-state index in [-0.39, 0.29) is 11.0 Å². The normalized spacial score (nSPS) is 9.94. The molecular weight excluding hydrogens is 286 g/mol. The number of anilines is 1. The number of benzene rings is 1. The van der Waals surface area contributed by atoms with Gasteiger partial charge in [0.15, 0.2) is 0 Å². The van der Waals surface area contributed by atoms with Crippen LogP contribution in [0.5, 0.6) is 0 Å². The van der Waals surface area contributed by atoms with Crippen LogP contribution in [-0.4, -0.2) is 17.1 Å². The summed E-state index contributed by atoms with van der Waals surface area (Å²) in [5, 5.41) is 2.10. The number of halogens is 3. The van der Waals surface area contributed by atoms with Gasteiger partial charge in [0.25, 0.3) is 5.91 Å². The molecule has 0 aliphatic heterocycles. The van der Waals surface area contributed by atoms with Gasteiger partial charge >= 0.3 is 0 Å². The molecule has 2 amide bonds. The fourth-order valence-electron chi connectivity index (χ4n) is 1.02. The number of alkyl halides is 1. The van der Waals surface area contributed by atoms with Crippen molar-refractivity contribution in [3.63, 3.8) is 0 Å². The van der Waals surface area contributed by atoms with E-state index in [9.17, 15) is 18.4 Å². The zero-order valence-electron chi connectivity index (χ0n) is 7.89. The number of nitrogens with one attached hydrogen (secondary N) is 1. The van der Waals surface area contributed by atoms with Crippen LogP contribution in [0.1, 0.15) is 10.4 Å². The number of carbonyl (C=O) groups excluding carboxylic acids is 2. The lowest BCUT2D eigenvalue weighted by Gasteiger charge is -2.07. The van der Waals surface area contributed by atoms with Gasteiger partial charge in [0.2, 0.25) is 5.91 Å². The van der Waals surface area contributed by atoms with Gasteiger partial charge in [-0.25, -0.2) is 8.78 Å². The maximum Gasteiger partial charge on any atom is 0.251 e. The predicted octanol–water partition coefficient (Wildman–Crippen LogP) is 1.40. The first-order chi connectivity index (χ1) is 7.45. The highest BCUT2D eigenvalue weighted by Crippen LogP contribution is 2.19. The summed E-state index contributed by atoms with van der Waals surface area (Å²) in [6.07, 6.45) is 0. The van der Waals surface area contributed by atoms with Gasteiger partial charge in [-0.15, -0.1) is 0 Å². The molecule has 0 unspecified atom stereocenters. The molecule has 1 aromatic rings. The van der Waals surface area contributed by atoms with E-state index in [1.165, 1.54) is 0 Å². The van der Waals surface area contributed by atoms with Gasteiger partial charge in [-0.1, -0.05) is 15.9 Å². The topological polar surface area (TPSA) is 72.2 Å². The van der Waals surface area contributed by atoms with Crippen molar-refractivity contribution in [1.82, 2.24) is 0 Å². The summed E-state index contributed by atoms with van der Waals surface area (Å²) in [6, 6.07) is 1.34. The van der Waals surface area contributed by atoms with Crippen LogP contribution < -0.4 is 11.1 Å². The van der Waals surface area contributed by atoms with E-state index < -0.39 is 29.0 Å². The molecule has 0 aliphatic carbocycles. The molecule has 86 valence electrons. The monoisotopic (exact) mass is 292 g/mol. The van der Waals surface area contributed by atoms with Gasteiger partial charge in [-0.2, -0.15) is 0 Å². The van der Waals surface area contributed by atoms with E-state index >= 15 is 0 Å². The first kappa shape index (κ1) is 12.6. The Morgan fingerprint density at radius 3 is 2.44 bits per heavy atom. The van der Waals surface area contributed by atoms with Crippen molar-refractivity contribution in [2.24, 2.45) is 5.73 Å². The maximum atomic E-state index is 13.2. The molecule has 7 heteroatoms. The largest absolute Gasteiger partial charge is 0.366 e. The molecule has 0 fully saturated rings. The molecule has 1 aromatic carbocycles. The molecule has 0 aromatic heterocycles. The van der Waals surface area contributed by atoms with Crippen molar-refractivity contribution in [3.8, 4) is 0 Å². The van der Waals surface area contributed by atoms with Crippen LogP contribution in [0, 0.1) is 11.6 Å². The summed E-state index contributed by atoms with van der Waals surface area (Å²) in [4.78, 5) is 21.7. The maximum absolute atomic E-state index is 13.2. The van der Waals surface area contributed by atoms with Crippen LogP contribution >= 0.6 is 15.9 Å². The van der Waals surface area contributed by atoms with E-state index in [0.717, 1.165) is 6.07 Å². The van der Waals surface area contributed by atoms with Gasteiger partial charge in [0.1, 0.15) is 11.6 Å². The Bertz CT molecular complexity index is 451. The molecular formula is C9H7BrF2N2O2. The third-order valence-electron chi connectivity index (χ3n) is 1.72. The lowest BCUT2D eigenvalue weighted by atomic mass is 10.1. The highest BCUT2D eigenvalue weighted by atomic mass is 79.9. The van der Waals surface area contributed by atoms with E-state index in [2.05, 4.69) is 21.2 Å². The molecule has 0 aliphatic rings. The molecule has 0 atom stereocenters. The smallest absolute Gasteiger partial charge is 0.251 e. The number of carbonyl (C=O) groups is 2. The highest BCUT2D eigenvalue weighted by Gasteiger charge is 2.14. The molecule has 0 heterocycles. The second-order valence-electron chi connectivity index (χ2n) is 2.86. The van der Waals surface area contributed by atoms with Crippen LogP contribution in [-0.2, 0) is 4.79 Å². The summed E-state index contributed by atoms with van der Waals surface area (Å²) < 4.78 is 26.2. The molecule has 0 spiro atoms. The first-order valence-electron chi connectivity index (χ1n) is 4.10. The minimum absolute atomic E-state index is 0.0459. The van der Waals surface area contributed by atoms with Crippen LogP contribution in [0.4, 0.5) is 14.5 Å². The summed E-state index contributed by atoms with van der Waals surface area (Å²) in [5.41, 5.74) is 4.10. The molecule has 0 radical (unpaired) electrons. The Balaban J connectivity index is 3.14. The number of hydrogen-bond donors (Lipinski definition) is 2. The van der Waals surface area contributed by atoms with Crippen molar-refractivity contribution in [3.05, 3.63) is 29.3 Å². The molecule has 0 bridgehead atoms. The van der Waals surface area contributed by atoms with Gasteiger partial charge in [-0.05, 0) is 6.07 Å². The Kier molecular flexibility index (Phi) is 3.94. The number of primary amides is 1. The van der Waals surface area contributed by atoms with Gasteiger partial charge in [0, 0.05) is 6.07 Å². The number of amides is 2. The zero-order valence-corrected chi connectivity index (χ0v) is 9.48. The van der Waals surface area contributed by atoms with Crippen LogP contribution in [0.2, 0.25) is 0 Å². The summed E-state index contributed by atoms with van der Waals surface area (Å²) in [7, 11) is 0. The molecule has 4 nitrogen and oxygen atoms in total. The van der Waals surface area contributed by atoms with Crippen molar-refractivity contribution >= 4 is 33.4 Å². The molecule has 16 heavy (non-hydrogen) atoms. The average molecular weight is 293 g/mol. The second kappa shape index (κ2) is 5.02. The predicted molar refractivity (Wildman–Crippen MR) is 57.3 cm³/mol. The van der Waals surface area contributed by atoms with Crippen molar-refractivity contribution in [2.45, 2.75) is 0 Å². The Hall–Kier alpha value is -1.50. The van der Waals surface area contributed by atoms with Crippen molar-refractivity contribution < 1.29 is 18.4 Å². The lowest BCUT2D eigenvalue weighted by Crippen LogP contribution is -2.17. The van der Waals surface area contributed by atoms with Gasteiger partial charge in [0.05, 0.1) is 16.6 Å². The lowest BCUT2D eigenvalue weighted by molar-refractivity contribution is -0.113. The van der Waals surface area contributed by atoms with Crippen molar-refractivity contribution in [2.75, 3.05) is 10.6 Å². The minimum atomic E-state index is -1.07. The Morgan fingerprint density at radius 2 is 1.94 bits per heavy atom. The third kappa shape index (κ3) is 2.75.